The van der Waals surface area contributed by atoms with Crippen LogP contribution in [0.25, 0.3) is 0 Å². The van der Waals surface area contributed by atoms with Crippen molar-refractivity contribution in [3.05, 3.63) is 159 Å². The fourth-order valence-electron chi connectivity index (χ4n) is 11.9. The Morgan fingerprint density at radius 2 is 0.990 bits per heavy atom. The number of aliphatic imine (C=N–C) groups is 2. The summed E-state index contributed by atoms with van der Waals surface area (Å²) in [6.07, 6.45) is 7.81. The summed E-state index contributed by atoms with van der Waals surface area (Å²) in [7, 11) is 4.69. The molecule has 2 aliphatic carbocycles. The van der Waals surface area contributed by atoms with Gasteiger partial charge in [-0.3, -0.25) is 48.4 Å². The predicted molar refractivity (Wildman–Crippen MR) is 391 cm³/mol. The highest BCUT2D eigenvalue weighted by Crippen LogP contribution is 2.35. The van der Waals surface area contributed by atoms with Crippen LogP contribution >= 0.6 is 23.2 Å². The van der Waals surface area contributed by atoms with Crippen LogP contribution in [0.3, 0.4) is 0 Å². The molecule has 100 heavy (non-hydrogen) atoms. The van der Waals surface area contributed by atoms with Crippen molar-refractivity contribution in [3.8, 4) is 5.75 Å². The molecule has 4 atom stereocenters. The second-order valence-corrected chi connectivity index (χ2v) is 24.7. The molecule has 2 aliphatic heterocycles. The number of carbonyl (C=O) groups excluding carboxylic acids is 9. The Bertz CT molecular complexity index is 3760. The lowest BCUT2D eigenvalue weighted by Gasteiger charge is -2.27. The first-order valence-corrected chi connectivity index (χ1v) is 33.4. The van der Waals surface area contributed by atoms with Gasteiger partial charge in [0.2, 0.25) is 29.8 Å². The molecule has 0 bridgehead atoms. The summed E-state index contributed by atoms with van der Waals surface area (Å²) in [6.45, 7) is 3.98. The number of amides is 11. The Hall–Kier alpha value is -10.1. The third-order valence-corrected chi connectivity index (χ3v) is 17.9. The van der Waals surface area contributed by atoms with Gasteiger partial charge in [0.05, 0.1) is 52.0 Å². The lowest BCUT2D eigenvalue weighted by molar-refractivity contribution is -0.126. The minimum Gasteiger partial charge on any atom is -0.494 e. The van der Waals surface area contributed by atoms with E-state index in [-0.39, 0.29) is 72.3 Å². The summed E-state index contributed by atoms with van der Waals surface area (Å²) in [5.74, 6) is -1.77. The van der Waals surface area contributed by atoms with Crippen LogP contribution < -0.4 is 68.3 Å². The second kappa shape index (κ2) is 38.9. The molecular formula is C72H92Cl2N16O10. The van der Waals surface area contributed by atoms with Crippen molar-refractivity contribution in [1.29, 1.82) is 0 Å². The largest absolute Gasteiger partial charge is 0.494 e. The Morgan fingerprint density at radius 1 is 0.590 bits per heavy atom. The Morgan fingerprint density at radius 3 is 1.40 bits per heavy atom. The molecular weight excluding hydrogens is 1320 g/mol. The highest BCUT2D eigenvalue weighted by atomic mass is 35.5. The zero-order valence-corrected chi connectivity index (χ0v) is 56.8. The topological polar surface area (TPSA) is 353 Å². The molecule has 2 fully saturated rings. The standard InChI is InChI=1S/C39H44Cl2N8O6.C31H40N8O4.2CH4/c1-4-27(21-44-48-39(54)43-20-23-14-16-25(17-15-23)36(51)42-2)45-32(50)22-49-31-13-9-8-12-28(31)33(24-10-6-5-7-11-24)46-35(38(49)53)47-37(52)26-18-29(40)34(55-3)30(41)19-26;1-3-23(18-35-38-31(43)34-17-20-13-15-22(16-14-20)29(41)33-2)36-26(40)19-39-25-12-8-7-11-24(25)27(37-28(32)30(39)42)21-9-5-4-6-10-21;;/h5-13,18-19,21,23,25,27,35H,4,14-17,20,22H2,1-3H3,(H,42,51)(H,45,50)(H,47,52)(H2,43,48,54);4-12,18,20,22-23,28H,3,13-17,19,32H2,1-2H3,(H,33,41)(H,36,40)(H2,34,38,43);2*1H4/b44-21+;35-18+;;/t23?,25?,27-,35?;20?,22?,23-,28?;;/m00../s1. The normalized spacial score (nSPS) is 19.2. The first-order valence-electron chi connectivity index (χ1n) is 32.7. The van der Waals surface area contributed by atoms with Crippen LogP contribution in [0.2, 0.25) is 10.0 Å². The molecule has 0 spiro atoms. The van der Waals surface area contributed by atoms with Crippen LogP contribution in [0, 0.1) is 23.7 Å². The van der Waals surface area contributed by atoms with Crippen molar-refractivity contribution in [2.45, 2.75) is 117 Å². The highest BCUT2D eigenvalue weighted by Gasteiger charge is 2.36. The second-order valence-electron chi connectivity index (χ2n) is 23.9. The Labute approximate surface area is 593 Å². The van der Waals surface area contributed by atoms with Gasteiger partial charge in [0, 0.05) is 79.3 Å². The van der Waals surface area contributed by atoms with Crippen molar-refractivity contribution in [2.24, 2.45) is 49.6 Å². The summed E-state index contributed by atoms with van der Waals surface area (Å²) in [4.78, 5) is 128. The van der Waals surface area contributed by atoms with Crippen LogP contribution in [0.1, 0.15) is 126 Å². The average Bonchev–Trinajstić information content (AvgIpc) is 1.61. The van der Waals surface area contributed by atoms with Gasteiger partial charge in [-0.05, 0) is 100 Å². The summed E-state index contributed by atoms with van der Waals surface area (Å²) < 4.78 is 5.20. The number of benzene rings is 5. The van der Waals surface area contributed by atoms with Crippen LogP contribution in [0.5, 0.6) is 5.75 Å². The van der Waals surface area contributed by atoms with E-state index in [9.17, 15) is 43.2 Å². The first-order chi connectivity index (χ1) is 47.3. The lowest BCUT2D eigenvalue weighted by atomic mass is 9.81. The summed E-state index contributed by atoms with van der Waals surface area (Å²) >= 11 is 12.6. The first kappa shape index (κ1) is 78.9. The minimum absolute atomic E-state index is 0. The molecule has 11 amide bonds. The zero-order chi connectivity index (χ0) is 70.3. The predicted octanol–water partition coefficient (Wildman–Crippen LogP) is 7.83. The third kappa shape index (κ3) is 21.5. The van der Waals surface area contributed by atoms with E-state index in [0.29, 0.717) is 71.3 Å². The van der Waals surface area contributed by atoms with Crippen LogP contribution in [0.4, 0.5) is 21.0 Å². The number of ether oxygens (including phenoxy) is 1. The maximum Gasteiger partial charge on any atom is 0.335 e. The molecule has 0 aromatic heterocycles. The van der Waals surface area contributed by atoms with Gasteiger partial charge in [0.15, 0.2) is 11.9 Å². The van der Waals surface area contributed by atoms with Gasteiger partial charge in [-0.2, -0.15) is 10.2 Å². The highest BCUT2D eigenvalue weighted by molar-refractivity contribution is 6.37. The number of nitrogens with two attached hydrogens (primary N) is 1. The molecule has 2 heterocycles. The van der Waals surface area contributed by atoms with Gasteiger partial charge >= 0.3 is 12.1 Å². The smallest absolute Gasteiger partial charge is 0.335 e. The number of benzodiazepines with no additional fused rings is 2. The number of urea groups is 2. The molecule has 2 unspecified atom stereocenters. The van der Waals surface area contributed by atoms with Gasteiger partial charge < -0.3 is 47.7 Å². The van der Waals surface area contributed by atoms with E-state index in [2.05, 4.69) is 63.3 Å². The number of hydrazone groups is 2. The number of hydrogen-bond donors (Lipinski definition) is 10. The monoisotopic (exact) mass is 1410 g/mol. The molecule has 5 aromatic rings. The molecule has 2 saturated carbocycles. The van der Waals surface area contributed by atoms with Crippen molar-refractivity contribution in [1.82, 2.24) is 48.1 Å². The molecule has 11 N–H and O–H groups in total. The SMILES string of the molecule is C.C.CC[C@@H](/C=N/NC(=O)NCC1CCC(C(=O)NC)CC1)NC(=O)CN1C(=O)C(N)N=C(c2ccccc2)c2ccccc21.CC[C@@H](/C=N/NC(=O)NCC1CCC(C(=O)NC)CC1)NC(=O)CN1C(=O)C(NC(=O)c2cc(Cl)c(OC)c(Cl)c2)N=C(c2ccccc2)c2ccccc21. The number of para-hydroxylation sites is 2. The maximum absolute atomic E-state index is 14.3. The third-order valence-electron chi connectivity index (χ3n) is 17.3. The van der Waals surface area contributed by atoms with Gasteiger partial charge in [-0.1, -0.05) is 149 Å². The number of halogens is 2. The zero-order valence-electron chi connectivity index (χ0n) is 55.3. The Balaban J connectivity index is 0.000000318. The number of nitrogens with zero attached hydrogens (tertiary/aromatic N) is 6. The Kier molecular flexibility index (Phi) is 30.7. The summed E-state index contributed by atoms with van der Waals surface area (Å²) in [5, 5.41) is 27.7. The van der Waals surface area contributed by atoms with E-state index in [4.69, 9.17) is 38.7 Å². The van der Waals surface area contributed by atoms with E-state index in [1.54, 1.807) is 50.5 Å². The number of hydrogen-bond acceptors (Lipinski definition) is 15. The van der Waals surface area contributed by atoms with Crippen LogP contribution in [-0.2, 0) is 28.8 Å². The van der Waals surface area contributed by atoms with E-state index in [1.807, 2.05) is 86.6 Å². The average molecular weight is 1410 g/mol. The number of fused-ring (bicyclic) bond motifs is 2. The van der Waals surface area contributed by atoms with Gasteiger partial charge in [-0.25, -0.2) is 25.4 Å². The van der Waals surface area contributed by atoms with Gasteiger partial charge in [0.25, 0.3) is 17.7 Å². The van der Waals surface area contributed by atoms with Crippen molar-refractivity contribution >= 4 is 112 Å². The van der Waals surface area contributed by atoms with Crippen molar-refractivity contribution in [3.63, 3.8) is 0 Å². The minimum atomic E-state index is -1.44. The maximum atomic E-state index is 14.3. The molecule has 0 saturated heterocycles. The van der Waals surface area contributed by atoms with Crippen LogP contribution in [-0.4, -0.2) is 149 Å². The number of anilines is 2. The fraction of sp³-hybridized carbons (Fsp3) is 0.403. The van der Waals surface area contributed by atoms with Crippen molar-refractivity contribution in [2.75, 3.05) is 57.2 Å². The van der Waals surface area contributed by atoms with E-state index >= 15 is 0 Å². The van der Waals surface area contributed by atoms with Crippen molar-refractivity contribution < 1.29 is 47.9 Å². The van der Waals surface area contributed by atoms with E-state index in [1.165, 1.54) is 41.5 Å². The molecule has 4 aliphatic rings. The van der Waals surface area contributed by atoms with Crippen LogP contribution in [0.15, 0.2) is 142 Å². The summed E-state index contributed by atoms with van der Waals surface area (Å²) in [6, 6.07) is 33.7. The number of methoxy groups -OCH3 is 1. The molecule has 28 heteroatoms. The quantitative estimate of drug-likeness (QED) is 0.0222. The molecule has 0 radical (unpaired) electrons. The van der Waals surface area contributed by atoms with Gasteiger partial charge in [0.1, 0.15) is 13.1 Å². The molecule has 26 nitrogen and oxygen atoms in total. The molecule has 5 aromatic carbocycles. The molecule has 534 valence electrons. The number of rotatable bonds is 23. The summed E-state index contributed by atoms with van der Waals surface area (Å²) in [5.41, 5.74) is 15.9. The van der Waals surface area contributed by atoms with E-state index < -0.39 is 72.6 Å². The number of nitrogens with one attached hydrogen (secondary N) is 9. The lowest BCUT2D eigenvalue weighted by Crippen LogP contribution is -2.51. The van der Waals surface area contributed by atoms with E-state index in [0.717, 1.165) is 56.9 Å². The molecule has 9 rings (SSSR count). The number of carbonyl (C=O) groups is 9. The van der Waals surface area contributed by atoms with Gasteiger partial charge in [-0.15, -0.1) is 0 Å². The fourth-order valence-corrected chi connectivity index (χ4v) is 12.6.